The maximum Gasteiger partial charge on any atom is 0.0892 e. The van der Waals surface area contributed by atoms with E-state index in [0.29, 0.717) is 6.04 Å². The highest BCUT2D eigenvalue weighted by Gasteiger charge is 2.15. The highest BCUT2D eigenvalue weighted by molar-refractivity contribution is 5.53. The Balaban J connectivity index is 2.01. The molecule has 0 saturated carbocycles. The molecule has 0 amide bonds. The first-order chi connectivity index (χ1) is 10.4. The smallest absolute Gasteiger partial charge is 0.0892 e. The van der Waals surface area contributed by atoms with Crippen LogP contribution in [0.1, 0.15) is 70.4 Å². The molecule has 1 unspecified atom stereocenters. The molecule has 4 nitrogen and oxygen atoms in total. The Morgan fingerprint density at radius 2 is 1.95 bits per heavy atom. The molecule has 0 spiro atoms. The molecule has 0 aromatic carbocycles. The molecule has 0 saturated heterocycles. The van der Waals surface area contributed by atoms with Crippen molar-refractivity contribution in [1.82, 2.24) is 19.9 Å². The zero-order chi connectivity index (χ0) is 14.9. The van der Waals surface area contributed by atoms with Crippen LogP contribution in [-0.2, 0) is 0 Å². The second-order valence-electron chi connectivity index (χ2n) is 5.72. The van der Waals surface area contributed by atoms with E-state index in [4.69, 9.17) is 0 Å². The molecular formula is C17H28N4. The molecule has 0 radical (unpaired) electrons. The molecule has 0 bridgehead atoms. The summed E-state index contributed by atoms with van der Waals surface area (Å²) in [6.45, 7) is 5.53. The average molecular weight is 288 g/mol. The lowest BCUT2D eigenvalue weighted by molar-refractivity contribution is 0.470. The second-order valence-corrected chi connectivity index (χ2v) is 5.72. The second kappa shape index (κ2) is 8.78. The lowest BCUT2D eigenvalue weighted by Gasteiger charge is -2.17. The van der Waals surface area contributed by atoms with Gasteiger partial charge in [0.2, 0.25) is 0 Å². The Bertz CT molecular complexity index is 520. The highest BCUT2D eigenvalue weighted by Crippen LogP contribution is 2.24. The predicted molar refractivity (Wildman–Crippen MR) is 87.4 cm³/mol. The molecule has 0 aliphatic carbocycles. The van der Waals surface area contributed by atoms with Gasteiger partial charge in [0.15, 0.2) is 0 Å². The zero-order valence-corrected chi connectivity index (χ0v) is 13.4. The molecule has 2 rings (SSSR count). The van der Waals surface area contributed by atoms with Crippen molar-refractivity contribution in [2.75, 3.05) is 6.54 Å². The number of rotatable bonds is 10. The first-order valence-corrected chi connectivity index (χ1v) is 8.37. The normalized spacial score (nSPS) is 12.9. The van der Waals surface area contributed by atoms with E-state index in [1.165, 1.54) is 44.1 Å². The fourth-order valence-electron chi connectivity index (χ4n) is 2.76. The van der Waals surface area contributed by atoms with Gasteiger partial charge in [-0.15, -0.1) is 0 Å². The molecule has 0 aliphatic rings. The summed E-state index contributed by atoms with van der Waals surface area (Å²) in [5, 5.41) is 8.12. The van der Waals surface area contributed by atoms with E-state index in [0.717, 1.165) is 18.5 Å². The van der Waals surface area contributed by atoms with Crippen LogP contribution in [0.2, 0.25) is 0 Å². The van der Waals surface area contributed by atoms with E-state index < -0.39 is 0 Å². The van der Waals surface area contributed by atoms with Gasteiger partial charge in [0.05, 0.1) is 17.9 Å². The minimum Gasteiger partial charge on any atom is -0.310 e. The highest BCUT2D eigenvalue weighted by atomic mass is 15.2. The molecule has 4 heteroatoms. The summed E-state index contributed by atoms with van der Waals surface area (Å²) in [6, 6.07) is 0.397. The van der Waals surface area contributed by atoms with E-state index in [-0.39, 0.29) is 0 Å². The van der Waals surface area contributed by atoms with E-state index >= 15 is 0 Å². The molecule has 116 valence electrons. The summed E-state index contributed by atoms with van der Waals surface area (Å²) >= 11 is 0. The van der Waals surface area contributed by atoms with Crippen LogP contribution in [-0.4, -0.2) is 21.1 Å². The fourth-order valence-corrected chi connectivity index (χ4v) is 2.76. The number of hydrogen-bond acceptors (Lipinski definition) is 3. The van der Waals surface area contributed by atoms with Gasteiger partial charge in [0.25, 0.3) is 0 Å². The minimum atomic E-state index is 0.397. The lowest BCUT2D eigenvalue weighted by atomic mass is 10.0. The predicted octanol–water partition coefficient (Wildman–Crippen LogP) is 4.13. The summed E-state index contributed by atoms with van der Waals surface area (Å²) < 4.78 is 1.92. The third-order valence-electron chi connectivity index (χ3n) is 3.97. The van der Waals surface area contributed by atoms with Crippen LogP contribution in [0.3, 0.4) is 0 Å². The summed E-state index contributed by atoms with van der Waals surface area (Å²) in [5.41, 5.74) is 2.41. The molecule has 2 heterocycles. The molecule has 1 N–H and O–H groups in total. The van der Waals surface area contributed by atoms with Crippen LogP contribution in [0.4, 0.5) is 0 Å². The minimum absolute atomic E-state index is 0.397. The van der Waals surface area contributed by atoms with Crippen molar-refractivity contribution in [3.63, 3.8) is 0 Å². The largest absolute Gasteiger partial charge is 0.310 e. The topological polar surface area (TPSA) is 42.2 Å². The monoisotopic (exact) mass is 288 g/mol. The zero-order valence-electron chi connectivity index (χ0n) is 13.4. The number of hydrogen-bond donors (Lipinski definition) is 1. The first-order valence-electron chi connectivity index (χ1n) is 8.37. The van der Waals surface area contributed by atoms with Crippen molar-refractivity contribution in [2.45, 2.75) is 64.8 Å². The van der Waals surface area contributed by atoms with E-state index in [9.17, 15) is 0 Å². The van der Waals surface area contributed by atoms with Crippen molar-refractivity contribution in [3.05, 3.63) is 30.4 Å². The van der Waals surface area contributed by atoms with Crippen molar-refractivity contribution < 1.29 is 0 Å². The average Bonchev–Trinajstić information content (AvgIpc) is 2.94. The maximum absolute atomic E-state index is 4.44. The lowest BCUT2D eigenvalue weighted by Crippen LogP contribution is -2.22. The van der Waals surface area contributed by atoms with Gasteiger partial charge in [0, 0.05) is 24.0 Å². The summed E-state index contributed by atoms with van der Waals surface area (Å²) in [5.74, 6) is 0. The quantitative estimate of drug-likeness (QED) is 0.668. The van der Waals surface area contributed by atoms with Crippen molar-refractivity contribution >= 4 is 5.52 Å². The van der Waals surface area contributed by atoms with Gasteiger partial charge in [-0.3, -0.25) is 4.98 Å². The number of nitrogens with zero attached hydrogens (tertiary/aromatic N) is 3. The third kappa shape index (κ3) is 4.53. The SMILES string of the molecule is CCCCCCCC(NCCC)c1cnn2ccncc12. The molecular weight excluding hydrogens is 260 g/mol. The Hall–Kier alpha value is -1.42. The fraction of sp³-hybridized carbons (Fsp3) is 0.647. The first kappa shape index (κ1) is 16.0. The van der Waals surface area contributed by atoms with Gasteiger partial charge in [-0.1, -0.05) is 46.0 Å². The summed E-state index contributed by atoms with van der Waals surface area (Å²) in [7, 11) is 0. The molecule has 2 aromatic heterocycles. The Morgan fingerprint density at radius 1 is 1.10 bits per heavy atom. The maximum atomic E-state index is 4.44. The van der Waals surface area contributed by atoms with Crippen molar-refractivity contribution in [2.24, 2.45) is 0 Å². The van der Waals surface area contributed by atoms with E-state index in [1.807, 2.05) is 23.1 Å². The summed E-state index contributed by atoms with van der Waals surface area (Å²) in [6.07, 6.45) is 16.6. The van der Waals surface area contributed by atoms with Crippen LogP contribution in [0.15, 0.2) is 24.8 Å². The van der Waals surface area contributed by atoms with Crippen LogP contribution < -0.4 is 5.32 Å². The van der Waals surface area contributed by atoms with Gasteiger partial charge in [-0.2, -0.15) is 5.10 Å². The van der Waals surface area contributed by atoms with Crippen LogP contribution in [0.5, 0.6) is 0 Å². The molecule has 0 aliphatic heterocycles. The number of aromatic nitrogens is 3. The Morgan fingerprint density at radius 3 is 2.76 bits per heavy atom. The van der Waals surface area contributed by atoms with Crippen LogP contribution >= 0.6 is 0 Å². The standard InChI is InChI=1S/C17H28N4/c1-3-5-6-7-8-9-16(19-10-4-2)15-13-20-21-12-11-18-14-17(15)21/h11-14,16,19H,3-10H2,1-2H3. The van der Waals surface area contributed by atoms with Crippen LogP contribution in [0, 0.1) is 0 Å². The Kier molecular flexibility index (Phi) is 6.67. The number of unbranched alkanes of at least 4 members (excludes halogenated alkanes) is 4. The van der Waals surface area contributed by atoms with Gasteiger partial charge in [-0.05, 0) is 19.4 Å². The van der Waals surface area contributed by atoms with Gasteiger partial charge >= 0.3 is 0 Å². The van der Waals surface area contributed by atoms with Gasteiger partial charge in [0.1, 0.15) is 0 Å². The van der Waals surface area contributed by atoms with Crippen LogP contribution in [0.25, 0.3) is 5.52 Å². The van der Waals surface area contributed by atoms with Gasteiger partial charge < -0.3 is 5.32 Å². The van der Waals surface area contributed by atoms with Crippen molar-refractivity contribution in [3.8, 4) is 0 Å². The summed E-state index contributed by atoms with van der Waals surface area (Å²) in [4.78, 5) is 4.24. The Labute approximate surface area is 128 Å². The molecule has 21 heavy (non-hydrogen) atoms. The molecule has 2 aromatic rings. The molecule has 1 atom stereocenters. The third-order valence-corrected chi connectivity index (χ3v) is 3.97. The number of nitrogens with one attached hydrogen (secondary N) is 1. The molecule has 0 fully saturated rings. The van der Waals surface area contributed by atoms with E-state index in [2.05, 4.69) is 29.2 Å². The van der Waals surface area contributed by atoms with Gasteiger partial charge in [-0.25, -0.2) is 4.52 Å². The number of fused-ring (bicyclic) bond motifs is 1. The van der Waals surface area contributed by atoms with E-state index in [1.54, 1.807) is 6.20 Å². The van der Waals surface area contributed by atoms with Crippen molar-refractivity contribution in [1.29, 1.82) is 0 Å².